The van der Waals surface area contributed by atoms with Gasteiger partial charge in [-0.05, 0) is 25.2 Å². The smallest absolute Gasteiger partial charge is 0.199 e. The van der Waals surface area contributed by atoms with Crippen LogP contribution in [0.3, 0.4) is 0 Å². The zero-order valence-electron chi connectivity index (χ0n) is 16.2. The summed E-state index contributed by atoms with van der Waals surface area (Å²) in [5, 5.41) is 33.5. The Bertz CT molecular complexity index is 987. The summed E-state index contributed by atoms with van der Waals surface area (Å²) in [6.45, 7) is 7.54. The molecule has 1 unspecified atom stereocenters. The van der Waals surface area contributed by atoms with E-state index in [-0.39, 0.29) is 17.6 Å². The van der Waals surface area contributed by atoms with Gasteiger partial charge in [0.15, 0.2) is 22.8 Å². The molecule has 3 aromatic rings. The number of nitrogens with zero attached hydrogens (tertiary/aromatic N) is 9. The molecule has 1 aliphatic carbocycles. The molecule has 1 saturated heterocycles. The van der Waals surface area contributed by atoms with Crippen LogP contribution >= 0.6 is 0 Å². The van der Waals surface area contributed by atoms with Crippen LogP contribution < -0.4 is 4.90 Å². The standard InChI is InChI=1S/C17H24N10O/c1-17(2,3)16-18-14(26-7-6-10(28)8-26)11-15(19-16)27(25-20-11)12(9-4-5-9)13-21-23-24-22-13/h9-10,12,28H,4-8H2,1-3H3,(H,21,22,23,24)/t10-,12?/m0/s1. The Morgan fingerprint density at radius 3 is 2.57 bits per heavy atom. The number of β-amino-alcohol motifs (C(OH)–C–C–N with tert-alkyl or cyclic N) is 1. The molecule has 0 amide bonds. The molecule has 1 aliphatic heterocycles. The first-order valence-electron chi connectivity index (χ1n) is 9.71. The number of fused-ring (bicyclic) bond motifs is 1. The Kier molecular flexibility index (Phi) is 3.83. The number of anilines is 1. The number of nitrogens with one attached hydrogen (secondary N) is 1. The third-order valence-electron chi connectivity index (χ3n) is 5.40. The highest BCUT2D eigenvalue weighted by Gasteiger charge is 2.39. The Morgan fingerprint density at radius 2 is 1.96 bits per heavy atom. The molecule has 4 heterocycles. The predicted molar refractivity (Wildman–Crippen MR) is 99.7 cm³/mol. The van der Waals surface area contributed by atoms with Crippen LogP contribution in [0.5, 0.6) is 0 Å². The van der Waals surface area contributed by atoms with E-state index in [1.54, 1.807) is 0 Å². The minimum atomic E-state index is -0.350. The molecule has 2 N–H and O–H groups in total. The van der Waals surface area contributed by atoms with Crippen LogP contribution in [0.2, 0.25) is 0 Å². The van der Waals surface area contributed by atoms with Gasteiger partial charge in [-0.3, -0.25) is 0 Å². The van der Waals surface area contributed by atoms with E-state index >= 15 is 0 Å². The maximum Gasteiger partial charge on any atom is 0.199 e. The molecule has 3 aromatic heterocycles. The third-order valence-corrected chi connectivity index (χ3v) is 5.40. The fraction of sp³-hybridized carbons (Fsp3) is 0.706. The van der Waals surface area contributed by atoms with Gasteiger partial charge in [-0.1, -0.05) is 31.2 Å². The highest BCUT2D eigenvalue weighted by Crippen LogP contribution is 2.43. The van der Waals surface area contributed by atoms with E-state index in [0.29, 0.717) is 29.5 Å². The minimum Gasteiger partial charge on any atom is -0.391 e. The van der Waals surface area contributed by atoms with Crippen molar-refractivity contribution >= 4 is 17.0 Å². The van der Waals surface area contributed by atoms with Crippen LogP contribution in [0.4, 0.5) is 5.82 Å². The van der Waals surface area contributed by atoms with Crippen molar-refractivity contribution in [2.24, 2.45) is 5.92 Å². The number of H-pyrrole nitrogens is 1. The van der Waals surface area contributed by atoms with Gasteiger partial charge < -0.3 is 10.0 Å². The van der Waals surface area contributed by atoms with Crippen molar-refractivity contribution in [3.8, 4) is 0 Å². The number of aromatic nitrogens is 9. The Hall–Kier alpha value is -2.69. The largest absolute Gasteiger partial charge is 0.391 e. The fourth-order valence-corrected chi connectivity index (χ4v) is 3.72. The molecule has 0 radical (unpaired) electrons. The lowest BCUT2D eigenvalue weighted by atomic mass is 9.95. The van der Waals surface area contributed by atoms with Gasteiger partial charge in [0.25, 0.3) is 0 Å². The number of aliphatic hydroxyl groups is 1. The summed E-state index contributed by atoms with van der Waals surface area (Å²) < 4.78 is 1.82. The van der Waals surface area contributed by atoms with Crippen molar-refractivity contribution in [1.29, 1.82) is 0 Å². The van der Waals surface area contributed by atoms with Gasteiger partial charge >= 0.3 is 0 Å². The van der Waals surface area contributed by atoms with Crippen LogP contribution in [-0.4, -0.2) is 69.9 Å². The summed E-state index contributed by atoms with van der Waals surface area (Å²) in [6.07, 6.45) is 2.54. The number of hydrogen-bond acceptors (Lipinski definition) is 9. The molecular weight excluding hydrogens is 360 g/mol. The quantitative estimate of drug-likeness (QED) is 0.663. The van der Waals surface area contributed by atoms with Gasteiger partial charge in [0.1, 0.15) is 11.9 Å². The zero-order chi connectivity index (χ0) is 19.5. The second-order valence-corrected chi connectivity index (χ2v) is 8.77. The number of aromatic amines is 1. The molecule has 28 heavy (non-hydrogen) atoms. The molecule has 0 aromatic carbocycles. The Morgan fingerprint density at radius 1 is 1.14 bits per heavy atom. The van der Waals surface area contributed by atoms with Gasteiger partial charge in [0.2, 0.25) is 0 Å². The topological polar surface area (TPSA) is 134 Å². The second-order valence-electron chi connectivity index (χ2n) is 8.77. The molecule has 11 heteroatoms. The maximum absolute atomic E-state index is 10.0. The fourth-order valence-electron chi connectivity index (χ4n) is 3.72. The first kappa shape index (κ1) is 17.4. The first-order chi connectivity index (χ1) is 13.4. The molecular formula is C17H24N10O. The Balaban J connectivity index is 1.69. The molecule has 1 saturated carbocycles. The van der Waals surface area contributed by atoms with Crippen LogP contribution in [-0.2, 0) is 5.41 Å². The predicted octanol–water partition coefficient (Wildman–Crippen LogP) is 0.602. The van der Waals surface area contributed by atoms with Gasteiger partial charge in [0.05, 0.1) is 6.10 Å². The van der Waals surface area contributed by atoms with Crippen LogP contribution in [0.15, 0.2) is 0 Å². The average Bonchev–Trinajstić information content (AvgIpc) is 3.03. The summed E-state index contributed by atoms with van der Waals surface area (Å²) in [5.74, 6) is 2.46. The van der Waals surface area contributed by atoms with Gasteiger partial charge in [-0.25, -0.2) is 14.6 Å². The Labute approximate surface area is 161 Å². The summed E-state index contributed by atoms with van der Waals surface area (Å²) in [6, 6.07) is -0.150. The first-order valence-corrected chi connectivity index (χ1v) is 9.71. The maximum atomic E-state index is 10.0. The summed E-state index contributed by atoms with van der Waals surface area (Å²) in [7, 11) is 0. The number of tetrazole rings is 1. The van der Waals surface area contributed by atoms with Crippen molar-refractivity contribution in [3.63, 3.8) is 0 Å². The van der Waals surface area contributed by atoms with E-state index < -0.39 is 0 Å². The van der Waals surface area contributed by atoms with E-state index in [9.17, 15) is 5.11 Å². The van der Waals surface area contributed by atoms with Gasteiger partial charge in [-0.15, -0.1) is 15.3 Å². The number of hydrogen-bond donors (Lipinski definition) is 2. The molecule has 0 spiro atoms. The van der Waals surface area contributed by atoms with Gasteiger partial charge in [-0.2, -0.15) is 5.21 Å². The molecule has 0 bridgehead atoms. The van der Waals surface area contributed by atoms with E-state index in [4.69, 9.17) is 9.97 Å². The van der Waals surface area contributed by atoms with E-state index in [1.165, 1.54) is 0 Å². The van der Waals surface area contributed by atoms with Crippen molar-refractivity contribution in [3.05, 3.63) is 11.6 Å². The van der Waals surface area contributed by atoms with Gasteiger partial charge in [0, 0.05) is 18.5 Å². The summed E-state index contributed by atoms with van der Waals surface area (Å²) in [4.78, 5) is 11.7. The molecule has 11 nitrogen and oxygen atoms in total. The van der Waals surface area contributed by atoms with Crippen molar-refractivity contribution in [2.45, 2.75) is 57.6 Å². The SMILES string of the molecule is CC(C)(C)c1nc(N2CC[C@H](O)C2)c2nnn(C(c3nn[nH]n3)C3CC3)c2n1. The zero-order valence-corrected chi connectivity index (χ0v) is 16.2. The highest BCUT2D eigenvalue weighted by molar-refractivity contribution is 5.83. The number of aliphatic hydroxyl groups excluding tert-OH is 1. The van der Waals surface area contributed by atoms with E-state index in [2.05, 4.69) is 56.6 Å². The molecule has 2 fully saturated rings. The third kappa shape index (κ3) is 2.89. The average molecular weight is 384 g/mol. The van der Waals surface area contributed by atoms with Crippen LogP contribution in [0.25, 0.3) is 11.2 Å². The highest BCUT2D eigenvalue weighted by atomic mass is 16.3. The normalized spacial score (nSPS) is 21.6. The molecule has 2 atom stereocenters. The van der Waals surface area contributed by atoms with Crippen LogP contribution in [0.1, 0.15) is 57.7 Å². The molecule has 5 rings (SSSR count). The summed E-state index contributed by atoms with van der Waals surface area (Å²) in [5.41, 5.74) is 1.09. The van der Waals surface area contributed by atoms with Crippen molar-refractivity contribution < 1.29 is 5.11 Å². The van der Waals surface area contributed by atoms with E-state index in [0.717, 1.165) is 37.4 Å². The summed E-state index contributed by atoms with van der Waals surface area (Å²) >= 11 is 0. The second kappa shape index (κ2) is 6.16. The molecule has 148 valence electrons. The lowest BCUT2D eigenvalue weighted by molar-refractivity contribution is 0.198. The monoisotopic (exact) mass is 384 g/mol. The lowest BCUT2D eigenvalue weighted by Crippen LogP contribution is -2.26. The lowest BCUT2D eigenvalue weighted by Gasteiger charge is -2.22. The number of rotatable bonds is 4. The van der Waals surface area contributed by atoms with Crippen molar-refractivity contribution in [2.75, 3.05) is 18.0 Å². The van der Waals surface area contributed by atoms with E-state index in [1.807, 2.05) is 4.68 Å². The minimum absolute atomic E-state index is 0.150. The molecule has 2 aliphatic rings. The van der Waals surface area contributed by atoms with Crippen LogP contribution in [0, 0.1) is 5.92 Å². The van der Waals surface area contributed by atoms with Crippen molar-refractivity contribution in [1.82, 2.24) is 45.6 Å².